The Morgan fingerprint density at radius 2 is 2.27 bits per heavy atom. The second-order valence-electron chi connectivity index (χ2n) is 1.83. The maximum Gasteiger partial charge on any atom is 0.204 e. The Balaban J connectivity index is 3.46. The molecule has 0 saturated carbocycles. The first kappa shape index (κ1) is 10.8. The third kappa shape index (κ3) is 5.09. The number of hydrogen-bond acceptors (Lipinski definition) is 5. The van der Waals surface area contributed by atoms with Gasteiger partial charge >= 0.3 is 0 Å². The van der Waals surface area contributed by atoms with Crippen molar-refractivity contribution in [3.05, 3.63) is 0 Å². The zero-order valence-corrected chi connectivity index (χ0v) is 7.39. The van der Waals surface area contributed by atoms with Crippen LogP contribution in [0.2, 0.25) is 0 Å². The van der Waals surface area contributed by atoms with E-state index >= 15 is 0 Å². The fraction of sp³-hybridized carbons (Fsp3) is 0.833. The van der Waals surface area contributed by atoms with Gasteiger partial charge in [-0.05, 0) is 19.1 Å². The van der Waals surface area contributed by atoms with Crippen molar-refractivity contribution in [2.45, 2.75) is 13.2 Å². The molecule has 66 valence electrons. The van der Waals surface area contributed by atoms with Gasteiger partial charge in [0.2, 0.25) is 5.05 Å². The lowest BCUT2D eigenvalue weighted by Gasteiger charge is -2.12. The normalized spacial score (nSPS) is 12.6. The summed E-state index contributed by atoms with van der Waals surface area (Å²) in [6.45, 7) is 3.18. The molecule has 4 nitrogen and oxygen atoms in total. The van der Waals surface area contributed by atoms with Crippen LogP contribution in [0.5, 0.6) is 0 Å². The van der Waals surface area contributed by atoms with Gasteiger partial charge in [0.1, 0.15) is 0 Å². The minimum absolute atomic E-state index is 0.279. The van der Waals surface area contributed by atoms with E-state index < -0.39 is 6.23 Å². The molecule has 0 aliphatic heterocycles. The lowest BCUT2D eigenvalue weighted by atomic mass is 10.6. The largest absolute Gasteiger partial charge is 0.484 e. The SMILES string of the molecule is CCOC(=S)C(N)OCCN. The predicted octanol–water partition coefficient (Wildman–Crippen LogP) is -0.390. The Bertz CT molecular complexity index is 121. The average molecular weight is 178 g/mol. The van der Waals surface area contributed by atoms with Crippen molar-refractivity contribution in [3.8, 4) is 0 Å². The van der Waals surface area contributed by atoms with Crippen molar-refractivity contribution in [2.75, 3.05) is 19.8 Å². The van der Waals surface area contributed by atoms with Crippen LogP contribution in [0.1, 0.15) is 6.92 Å². The smallest absolute Gasteiger partial charge is 0.204 e. The molecule has 0 aliphatic rings. The van der Waals surface area contributed by atoms with Crippen LogP contribution in [-0.2, 0) is 9.47 Å². The minimum Gasteiger partial charge on any atom is -0.484 e. The molecule has 0 aromatic carbocycles. The maximum absolute atomic E-state index is 5.45. The molecule has 11 heavy (non-hydrogen) atoms. The van der Waals surface area contributed by atoms with Crippen molar-refractivity contribution in [1.82, 2.24) is 0 Å². The lowest BCUT2D eigenvalue weighted by molar-refractivity contribution is 0.0918. The van der Waals surface area contributed by atoms with Crippen LogP contribution in [0.25, 0.3) is 0 Å². The lowest BCUT2D eigenvalue weighted by Crippen LogP contribution is -2.35. The van der Waals surface area contributed by atoms with Gasteiger partial charge in [-0.3, -0.25) is 5.73 Å². The van der Waals surface area contributed by atoms with Crippen molar-refractivity contribution < 1.29 is 9.47 Å². The highest BCUT2D eigenvalue weighted by Gasteiger charge is 2.08. The summed E-state index contributed by atoms with van der Waals surface area (Å²) in [6, 6.07) is 0. The molecule has 0 aliphatic carbocycles. The van der Waals surface area contributed by atoms with Gasteiger partial charge in [0, 0.05) is 6.54 Å². The molecule has 0 aromatic heterocycles. The van der Waals surface area contributed by atoms with Crippen LogP contribution in [-0.4, -0.2) is 31.0 Å². The zero-order valence-electron chi connectivity index (χ0n) is 6.58. The van der Waals surface area contributed by atoms with Crippen LogP contribution in [0.15, 0.2) is 0 Å². The van der Waals surface area contributed by atoms with Gasteiger partial charge in [-0.2, -0.15) is 0 Å². The molecule has 0 amide bonds. The number of hydrogen-bond donors (Lipinski definition) is 2. The number of nitrogens with two attached hydrogens (primary N) is 2. The van der Waals surface area contributed by atoms with Gasteiger partial charge in [-0.25, -0.2) is 0 Å². The molecule has 1 atom stereocenters. The third-order valence-electron chi connectivity index (χ3n) is 0.934. The van der Waals surface area contributed by atoms with Crippen LogP contribution in [0, 0.1) is 0 Å². The minimum atomic E-state index is -0.631. The Hall–Kier alpha value is -0.230. The fourth-order valence-electron chi connectivity index (χ4n) is 0.487. The first-order valence-electron chi connectivity index (χ1n) is 3.46. The second kappa shape index (κ2) is 6.48. The van der Waals surface area contributed by atoms with Gasteiger partial charge in [0.05, 0.1) is 13.2 Å². The zero-order chi connectivity index (χ0) is 8.69. The summed E-state index contributed by atoms with van der Waals surface area (Å²) in [5.41, 5.74) is 10.6. The third-order valence-corrected chi connectivity index (χ3v) is 1.28. The Morgan fingerprint density at radius 3 is 2.73 bits per heavy atom. The van der Waals surface area contributed by atoms with Crippen LogP contribution in [0.3, 0.4) is 0 Å². The van der Waals surface area contributed by atoms with Gasteiger partial charge in [0.15, 0.2) is 6.23 Å². The molecule has 0 spiro atoms. The summed E-state index contributed by atoms with van der Waals surface area (Å²) < 4.78 is 9.93. The standard InChI is InChI=1S/C6H14N2O2S/c1-2-9-6(11)5(8)10-4-3-7/h5H,2-4,7-8H2,1H3. The molecule has 0 saturated heterocycles. The molecule has 0 rings (SSSR count). The molecule has 4 N–H and O–H groups in total. The van der Waals surface area contributed by atoms with E-state index in [1.807, 2.05) is 6.92 Å². The molecular formula is C6H14N2O2S. The van der Waals surface area contributed by atoms with E-state index in [1.165, 1.54) is 0 Å². The van der Waals surface area contributed by atoms with Gasteiger partial charge in [-0.1, -0.05) is 0 Å². The average Bonchev–Trinajstić information content (AvgIpc) is 2.00. The summed E-state index contributed by atoms with van der Waals surface area (Å²) in [5, 5.41) is 0.279. The Morgan fingerprint density at radius 1 is 1.64 bits per heavy atom. The molecule has 0 fully saturated rings. The molecule has 1 unspecified atom stereocenters. The fourth-order valence-corrected chi connectivity index (χ4v) is 0.673. The number of ether oxygens (including phenoxy) is 2. The molecule has 0 bridgehead atoms. The maximum atomic E-state index is 5.45. The highest BCUT2D eigenvalue weighted by atomic mass is 32.1. The summed E-state index contributed by atoms with van der Waals surface area (Å²) >= 11 is 4.78. The molecule has 0 radical (unpaired) electrons. The van der Waals surface area contributed by atoms with Gasteiger partial charge in [-0.15, -0.1) is 0 Å². The van der Waals surface area contributed by atoms with Gasteiger partial charge in [0.25, 0.3) is 0 Å². The summed E-state index contributed by atoms with van der Waals surface area (Å²) in [6.07, 6.45) is -0.631. The monoisotopic (exact) mass is 178 g/mol. The van der Waals surface area contributed by atoms with Crippen LogP contribution in [0.4, 0.5) is 0 Å². The molecular weight excluding hydrogens is 164 g/mol. The molecule has 0 aromatic rings. The summed E-state index contributed by atoms with van der Waals surface area (Å²) in [5.74, 6) is 0. The number of thiocarbonyl (C=S) groups is 1. The van der Waals surface area contributed by atoms with E-state index in [-0.39, 0.29) is 5.05 Å². The van der Waals surface area contributed by atoms with E-state index in [0.29, 0.717) is 19.8 Å². The first-order chi connectivity index (χ1) is 5.22. The highest BCUT2D eigenvalue weighted by molar-refractivity contribution is 7.80. The Kier molecular flexibility index (Phi) is 6.34. The quantitative estimate of drug-likeness (QED) is 0.443. The first-order valence-corrected chi connectivity index (χ1v) is 3.87. The highest BCUT2D eigenvalue weighted by Crippen LogP contribution is 1.90. The second-order valence-corrected chi connectivity index (χ2v) is 2.23. The summed E-state index contributed by atoms with van der Waals surface area (Å²) in [7, 11) is 0. The van der Waals surface area contributed by atoms with Crippen molar-refractivity contribution in [3.63, 3.8) is 0 Å². The van der Waals surface area contributed by atoms with E-state index in [4.69, 9.17) is 33.2 Å². The van der Waals surface area contributed by atoms with E-state index in [2.05, 4.69) is 0 Å². The number of rotatable bonds is 5. The van der Waals surface area contributed by atoms with Crippen molar-refractivity contribution in [1.29, 1.82) is 0 Å². The topological polar surface area (TPSA) is 70.5 Å². The van der Waals surface area contributed by atoms with Crippen molar-refractivity contribution >= 4 is 17.3 Å². The van der Waals surface area contributed by atoms with Crippen LogP contribution >= 0.6 is 12.2 Å². The van der Waals surface area contributed by atoms with Crippen LogP contribution < -0.4 is 11.5 Å². The van der Waals surface area contributed by atoms with Crippen molar-refractivity contribution in [2.24, 2.45) is 11.5 Å². The molecule has 0 heterocycles. The van der Waals surface area contributed by atoms with Gasteiger partial charge < -0.3 is 15.2 Å². The van der Waals surface area contributed by atoms with E-state index in [0.717, 1.165) is 0 Å². The predicted molar refractivity (Wildman–Crippen MR) is 47.2 cm³/mol. The molecule has 5 heteroatoms. The summed E-state index contributed by atoms with van der Waals surface area (Å²) in [4.78, 5) is 0. The Labute approximate surface area is 71.8 Å². The van der Waals surface area contributed by atoms with E-state index in [1.54, 1.807) is 0 Å². The van der Waals surface area contributed by atoms with E-state index in [9.17, 15) is 0 Å².